The molecule has 1 atom stereocenters. The maximum Gasteiger partial charge on any atom is 0.224 e. The third-order valence-electron chi connectivity index (χ3n) is 2.37. The third kappa shape index (κ3) is 4.67. The Balaban J connectivity index is 2.16. The second-order valence-electron chi connectivity index (χ2n) is 3.69. The summed E-state index contributed by atoms with van der Waals surface area (Å²) in [4.78, 5) is 11.5. The van der Waals surface area contributed by atoms with Crippen LogP contribution in [-0.2, 0) is 19.4 Å². The van der Waals surface area contributed by atoms with Gasteiger partial charge in [0.2, 0.25) is 5.91 Å². The van der Waals surface area contributed by atoms with Crippen LogP contribution in [0.5, 0.6) is 0 Å². The van der Waals surface area contributed by atoms with Crippen molar-refractivity contribution in [2.45, 2.75) is 6.42 Å². The topological polar surface area (TPSA) is 72.5 Å². The monoisotopic (exact) mass is 269 g/mol. The smallest absolute Gasteiger partial charge is 0.224 e. The molecule has 7 heteroatoms. The molecule has 1 saturated heterocycles. The molecule has 0 aliphatic carbocycles. The summed E-state index contributed by atoms with van der Waals surface area (Å²) in [5, 5.41) is 2.65. The molecule has 1 N–H and O–H groups in total. The van der Waals surface area contributed by atoms with Gasteiger partial charge in [-0.05, 0) is 6.42 Å². The summed E-state index contributed by atoms with van der Waals surface area (Å²) in [6.07, 6.45) is 0.427. The lowest BCUT2D eigenvalue weighted by Crippen LogP contribution is -2.33. The highest BCUT2D eigenvalue weighted by Crippen LogP contribution is 2.18. The van der Waals surface area contributed by atoms with Crippen LogP contribution in [0, 0.1) is 5.92 Å². The Labute approximate surface area is 100 Å². The average Bonchev–Trinajstić information content (AvgIpc) is 2.58. The minimum atomic E-state index is -2.99. The van der Waals surface area contributed by atoms with E-state index in [2.05, 4.69) is 5.32 Å². The van der Waals surface area contributed by atoms with Crippen molar-refractivity contribution in [3.8, 4) is 0 Å². The molecule has 1 unspecified atom stereocenters. The molecule has 1 aliphatic rings. The van der Waals surface area contributed by atoms with Gasteiger partial charge in [-0.2, -0.15) is 0 Å². The number of sulfone groups is 1. The van der Waals surface area contributed by atoms with Gasteiger partial charge in [-0.15, -0.1) is 11.6 Å². The summed E-state index contributed by atoms with van der Waals surface area (Å²) < 4.78 is 27.4. The van der Waals surface area contributed by atoms with E-state index in [1.807, 2.05) is 0 Å². The number of carbonyl (C=O) groups is 1. The van der Waals surface area contributed by atoms with E-state index >= 15 is 0 Å². The molecule has 94 valence electrons. The molecule has 0 bridgehead atoms. The van der Waals surface area contributed by atoms with Crippen LogP contribution in [0.4, 0.5) is 0 Å². The van der Waals surface area contributed by atoms with E-state index in [1.165, 1.54) is 0 Å². The van der Waals surface area contributed by atoms with Crippen molar-refractivity contribution in [2.75, 3.05) is 37.1 Å². The Hall–Kier alpha value is -0.330. The fourth-order valence-corrected chi connectivity index (χ4v) is 3.40. The van der Waals surface area contributed by atoms with E-state index in [-0.39, 0.29) is 17.4 Å². The molecule has 1 rings (SSSR count). The number of hydrogen-bond acceptors (Lipinski definition) is 4. The number of hydrogen-bond donors (Lipinski definition) is 1. The molecule has 1 amide bonds. The van der Waals surface area contributed by atoms with Crippen LogP contribution in [0.3, 0.4) is 0 Å². The molecule has 0 radical (unpaired) electrons. The van der Waals surface area contributed by atoms with Crippen molar-refractivity contribution < 1.29 is 17.9 Å². The first-order chi connectivity index (χ1) is 7.55. The summed E-state index contributed by atoms with van der Waals surface area (Å²) >= 11 is 5.40. The molecule has 0 aromatic carbocycles. The standard InChI is InChI=1S/C9H16ClNO4S/c10-2-4-15-5-3-11-9(12)8-1-6-16(13,14)7-8/h8H,1-7H2,(H,11,12). The van der Waals surface area contributed by atoms with Crippen molar-refractivity contribution in [3.05, 3.63) is 0 Å². The lowest BCUT2D eigenvalue weighted by atomic mass is 10.1. The van der Waals surface area contributed by atoms with Gasteiger partial charge in [0, 0.05) is 12.4 Å². The summed E-state index contributed by atoms with van der Waals surface area (Å²) in [5.74, 6) is -0.0714. The molecule has 0 spiro atoms. The van der Waals surface area contributed by atoms with E-state index in [1.54, 1.807) is 0 Å². The molecule has 1 aliphatic heterocycles. The molecular formula is C9H16ClNO4S. The van der Waals surface area contributed by atoms with Crippen molar-refractivity contribution in [3.63, 3.8) is 0 Å². The Bertz CT molecular complexity index is 330. The van der Waals surface area contributed by atoms with Crippen molar-refractivity contribution in [2.24, 2.45) is 5.92 Å². The lowest BCUT2D eigenvalue weighted by Gasteiger charge is -2.09. The molecule has 16 heavy (non-hydrogen) atoms. The largest absolute Gasteiger partial charge is 0.378 e. The molecule has 0 aromatic rings. The predicted molar refractivity (Wildman–Crippen MR) is 61.3 cm³/mol. The first kappa shape index (κ1) is 13.7. The van der Waals surface area contributed by atoms with Gasteiger partial charge in [0.15, 0.2) is 9.84 Å². The van der Waals surface area contributed by atoms with Gasteiger partial charge in [-0.1, -0.05) is 0 Å². The van der Waals surface area contributed by atoms with Gasteiger partial charge in [0.1, 0.15) is 0 Å². The highest BCUT2D eigenvalue weighted by molar-refractivity contribution is 7.91. The Morgan fingerprint density at radius 2 is 2.19 bits per heavy atom. The molecule has 0 aromatic heterocycles. The Morgan fingerprint density at radius 3 is 2.75 bits per heavy atom. The highest BCUT2D eigenvalue weighted by Gasteiger charge is 2.32. The maximum atomic E-state index is 11.5. The lowest BCUT2D eigenvalue weighted by molar-refractivity contribution is -0.124. The van der Waals surface area contributed by atoms with E-state index < -0.39 is 15.8 Å². The molecule has 1 fully saturated rings. The predicted octanol–water partition coefficient (Wildman–Crippen LogP) is -0.207. The number of rotatable bonds is 6. The normalized spacial score (nSPS) is 23.2. The van der Waals surface area contributed by atoms with Crippen LogP contribution in [0.25, 0.3) is 0 Å². The van der Waals surface area contributed by atoms with Gasteiger partial charge in [-0.3, -0.25) is 4.79 Å². The number of halogens is 1. The second-order valence-corrected chi connectivity index (χ2v) is 6.30. The van der Waals surface area contributed by atoms with E-state index in [9.17, 15) is 13.2 Å². The Kier molecular flexibility index (Phi) is 5.51. The number of amides is 1. The van der Waals surface area contributed by atoms with Crippen LogP contribution in [0.15, 0.2) is 0 Å². The van der Waals surface area contributed by atoms with Gasteiger partial charge in [0.25, 0.3) is 0 Å². The van der Waals surface area contributed by atoms with Crippen molar-refractivity contribution in [1.29, 1.82) is 0 Å². The van der Waals surface area contributed by atoms with Crippen LogP contribution in [-0.4, -0.2) is 51.5 Å². The van der Waals surface area contributed by atoms with E-state index in [4.69, 9.17) is 16.3 Å². The van der Waals surface area contributed by atoms with Gasteiger partial charge in [0.05, 0.1) is 30.6 Å². The molecule has 5 nitrogen and oxygen atoms in total. The zero-order valence-corrected chi connectivity index (χ0v) is 10.5. The average molecular weight is 270 g/mol. The minimum Gasteiger partial charge on any atom is -0.378 e. The number of alkyl halides is 1. The summed E-state index contributed by atoms with van der Waals surface area (Å²) in [6, 6.07) is 0. The molecule has 0 saturated carbocycles. The highest BCUT2D eigenvalue weighted by atomic mass is 35.5. The zero-order chi connectivity index (χ0) is 12.0. The van der Waals surface area contributed by atoms with Crippen LogP contribution in [0.2, 0.25) is 0 Å². The van der Waals surface area contributed by atoms with E-state index in [0.717, 1.165) is 0 Å². The number of nitrogens with one attached hydrogen (secondary N) is 1. The fraction of sp³-hybridized carbons (Fsp3) is 0.889. The quantitative estimate of drug-likeness (QED) is 0.535. The van der Waals surface area contributed by atoms with Crippen LogP contribution < -0.4 is 5.32 Å². The van der Waals surface area contributed by atoms with E-state index in [0.29, 0.717) is 32.1 Å². The molecule has 1 heterocycles. The SMILES string of the molecule is O=C(NCCOCCCl)C1CCS(=O)(=O)C1. The minimum absolute atomic E-state index is 0.0264. The van der Waals surface area contributed by atoms with Crippen molar-refractivity contribution >= 4 is 27.3 Å². The maximum absolute atomic E-state index is 11.5. The van der Waals surface area contributed by atoms with Gasteiger partial charge < -0.3 is 10.1 Å². The van der Waals surface area contributed by atoms with Gasteiger partial charge in [-0.25, -0.2) is 8.42 Å². The number of ether oxygens (including phenoxy) is 1. The Morgan fingerprint density at radius 1 is 1.44 bits per heavy atom. The summed E-state index contributed by atoms with van der Waals surface area (Å²) in [5.41, 5.74) is 0. The third-order valence-corrected chi connectivity index (χ3v) is 4.29. The van der Waals surface area contributed by atoms with Crippen molar-refractivity contribution in [1.82, 2.24) is 5.32 Å². The summed E-state index contributed by atoms with van der Waals surface area (Å²) in [6.45, 7) is 1.25. The van der Waals surface area contributed by atoms with Crippen LogP contribution >= 0.6 is 11.6 Å². The first-order valence-electron chi connectivity index (χ1n) is 5.17. The second kappa shape index (κ2) is 6.42. The zero-order valence-electron chi connectivity index (χ0n) is 8.95. The fourth-order valence-electron chi connectivity index (χ4n) is 1.55. The first-order valence-corrected chi connectivity index (χ1v) is 7.52. The van der Waals surface area contributed by atoms with Crippen LogP contribution in [0.1, 0.15) is 6.42 Å². The molecular weight excluding hydrogens is 254 g/mol. The summed E-state index contributed by atoms with van der Waals surface area (Å²) in [7, 11) is -2.99. The van der Waals surface area contributed by atoms with Gasteiger partial charge >= 0.3 is 0 Å². The number of carbonyl (C=O) groups excluding carboxylic acids is 1.